The molecule has 3 rings (SSSR count). The van der Waals surface area contributed by atoms with Crippen LogP contribution in [0.25, 0.3) is 10.2 Å². The van der Waals surface area contributed by atoms with Crippen molar-refractivity contribution in [2.24, 2.45) is 0 Å². The van der Waals surface area contributed by atoms with Crippen molar-refractivity contribution in [3.8, 4) is 0 Å². The second-order valence-corrected chi connectivity index (χ2v) is 6.56. The number of aromatic nitrogens is 1. The summed E-state index contributed by atoms with van der Waals surface area (Å²) in [5.74, 6) is 0. The van der Waals surface area contributed by atoms with Crippen LogP contribution in [0.3, 0.4) is 0 Å². The molecule has 0 bridgehead atoms. The van der Waals surface area contributed by atoms with Crippen LogP contribution in [-0.2, 0) is 6.42 Å². The van der Waals surface area contributed by atoms with E-state index in [1.54, 1.807) is 11.3 Å². The number of nitrogens with one attached hydrogen (secondary N) is 1. The summed E-state index contributed by atoms with van der Waals surface area (Å²) in [5, 5.41) is 4.59. The Bertz CT molecular complexity index is 728. The second-order valence-electron chi connectivity index (χ2n) is 5.50. The molecule has 0 spiro atoms. The molecule has 0 amide bonds. The van der Waals surface area contributed by atoms with Gasteiger partial charge in [0.15, 0.2) is 0 Å². The molecule has 3 aromatic rings. The van der Waals surface area contributed by atoms with Crippen LogP contribution in [0.2, 0.25) is 0 Å². The molecule has 0 aliphatic carbocycles. The van der Waals surface area contributed by atoms with Crippen molar-refractivity contribution in [2.45, 2.75) is 26.3 Å². The minimum absolute atomic E-state index is 0.267. The zero-order chi connectivity index (χ0) is 14.8. The summed E-state index contributed by atoms with van der Waals surface area (Å²) in [7, 11) is 2.02. The molecule has 0 aliphatic heterocycles. The molecule has 3 heteroatoms. The average Bonchev–Trinajstić information content (AvgIpc) is 2.91. The van der Waals surface area contributed by atoms with Crippen LogP contribution in [0.5, 0.6) is 0 Å². The number of fused-ring (bicyclic) bond motifs is 1. The van der Waals surface area contributed by atoms with E-state index < -0.39 is 0 Å². The van der Waals surface area contributed by atoms with Crippen LogP contribution in [0.15, 0.2) is 42.5 Å². The van der Waals surface area contributed by atoms with Crippen molar-refractivity contribution in [3.05, 3.63) is 64.2 Å². The molecular formula is C18H20N2S. The van der Waals surface area contributed by atoms with E-state index in [1.165, 1.54) is 26.4 Å². The van der Waals surface area contributed by atoms with Crippen molar-refractivity contribution >= 4 is 21.6 Å². The van der Waals surface area contributed by atoms with E-state index in [-0.39, 0.29) is 6.04 Å². The van der Waals surface area contributed by atoms with Crippen LogP contribution in [0.1, 0.15) is 27.7 Å². The summed E-state index contributed by atoms with van der Waals surface area (Å²) in [6.45, 7) is 4.33. The molecule has 1 unspecified atom stereocenters. The molecule has 1 aromatic heterocycles. The zero-order valence-electron chi connectivity index (χ0n) is 12.7. The third-order valence-electron chi connectivity index (χ3n) is 3.89. The molecule has 0 fully saturated rings. The average molecular weight is 296 g/mol. The SMILES string of the molecule is CNC(Cc1cc(C)ccc1C)c1nc2ccccc2s1. The normalized spacial score (nSPS) is 12.7. The molecule has 21 heavy (non-hydrogen) atoms. The van der Waals surface area contributed by atoms with Crippen molar-refractivity contribution in [1.82, 2.24) is 10.3 Å². The monoisotopic (exact) mass is 296 g/mol. The highest BCUT2D eigenvalue weighted by atomic mass is 32.1. The number of rotatable bonds is 4. The van der Waals surface area contributed by atoms with Gasteiger partial charge in [-0.05, 0) is 50.6 Å². The van der Waals surface area contributed by atoms with E-state index in [0.717, 1.165) is 11.9 Å². The molecule has 1 heterocycles. The fourth-order valence-corrected chi connectivity index (χ4v) is 3.67. The van der Waals surface area contributed by atoms with Crippen LogP contribution < -0.4 is 5.32 Å². The number of hydrogen-bond acceptors (Lipinski definition) is 3. The Morgan fingerprint density at radius 3 is 2.71 bits per heavy atom. The van der Waals surface area contributed by atoms with Gasteiger partial charge in [0, 0.05) is 0 Å². The van der Waals surface area contributed by atoms with Gasteiger partial charge in [-0.3, -0.25) is 0 Å². The topological polar surface area (TPSA) is 24.9 Å². The lowest BCUT2D eigenvalue weighted by Crippen LogP contribution is -2.19. The Balaban J connectivity index is 1.92. The van der Waals surface area contributed by atoms with Gasteiger partial charge in [-0.15, -0.1) is 11.3 Å². The van der Waals surface area contributed by atoms with E-state index in [4.69, 9.17) is 4.98 Å². The molecule has 0 saturated carbocycles. The molecule has 1 atom stereocenters. The van der Waals surface area contributed by atoms with Gasteiger partial charge in [0.05, 0.1) is 16.3 Å². The van der Waals surface area contributed by atoms with Crippen molar-refractivity contribution < 1.29 is 0 Å². The first kappa shape index (κ1) is 14.2. The Morgan fingerprint density at radius 2 is 1.95 bits per heavy atom. The largest absolute Gasteiger partial charge is 0.311 e. The van der Waals surface area contributed by atoms with Gasteiger partial charge in [-0.2, -0.15) is 0 Å². The predicted octanol–water partition coefficient (Wildman–Crippen LogP) is 4.42. The van der Waals surface area contributed by atoms with E-state index in [1.807, 2.05) is 13.1 Å². The number of thiazole rings is 1. The Morgan fingerprint density at radius 1 is 1.14 bits per heavy atom. The number of hydrogen-bond donors (Lipinski definition) is 1. The van der Waals surface area contributed by atoms with Crippen molar-refractivity contribution in [2.75, 3.05) is 7.05 Å². The van der Waals surface area contributed by atoms with Gasteiger partial charge in [0.25, 0.3) is 0 Å². The summed E-state index contributed by atoms with van der Waals surface area (Å²) in [4.78, 5) is 4.79. The summed E-state index contributed by atoms with van der Waals surface area (Å²) in [5.41, 5.74) is 5.16. The molecule has 108 valence electrons. The van der Waals surface area contributed by atoms with Crippen LogP contribution in [0.4, 0.5) is 0 Å². The van der Waals surface area contributed by atoms with Crippen LogP contribution in [-0.4, -0.2) is 12.0 Å². The number of likely N-dealkylation sites (N-methyl/N-ethyl adjacent to an activating group) is 1. The van der Waals surface area contributed by atoms with Crippen LogP contribution in [0, 0.1) is 13.8 Å². The Kier molecular flexibility index (Phi) is 4.04. The summed E-state index contributed by atoms with van der Waals surface area (Å²) in [6, 6.07) is 15.3. The first-order chi connectivity index (χ1) is 10.2. The second kappa shape index (κ2) is 5.96. The highest BCUT2D eigenvalue weighted by molar-refractivity contribution is 7.18. The van der Waals surface area contributed by atoms with E-state index >= 15 is 0 Å². The van der Waals surface area contributed by atoms with E-state index in [0.29, 0.717) is 0 Å². The minimum Gasteiger partial charge on any atom is -0.311 e. The maximum absolute atomic E-state index is 4.79. The van der Waals surface area contributed by atoms with Gasteiger partial charge >= 0.3 is 0 Å². The van der Waals surface area contributed by atoms with Crippen LogP contribution >= 0.6 is 11.3 Å². The van der Waals surface area contributed by atoms with E-state index in [2.05, 4.69) is 55.6 Å². The number of benzene rings is 2. The third kappa shape index (κ3) is 2.99. The highest BCUT2D eigenvalue weighted by Gasteiger charge is 2.16. The maximum atomic E-state index is 4.79. The van der Waals surface area contributed by atoms with Gasteiger partial charge in [0.2, 0.25) is 0 Å². The predicted molar refractivity (Wildman–Crippen MR) is 91.0 cm³/mol. The van der Waals surface area contributed by atoms with Gasteiger partial charge in [-0.25, -0.2) is 4.98 Å². The van der Waals surface area contributed by atoms with E-state index in [9.17, 15) is 0 Å². The lowest BCUT2D eigenvalue weighted by molar-refractivity contribution is 0.588. The molecule has 0 aliphatic rings. The Hall–Kier alpha value is -1.71. The van der Waals surface area contributed by atoms with Gasteiger partial charge in [-0.1, -0.05) is 35.9 Å². The summed E-state index contributed by atoms with van der Waals surface area (Å²) >= 11 is 1.79. The number of nitrogens with zero attached hydrogens (tertiary/aromatic N) is 1. The lowest BCUT2D eigenvalue weighted by atomic mass is 9.99. The standard InChI is InChI=1S/C18H20N2S/c1-12-8-9-13(2)14(10-12)11-16(19-3)18-20-15-6-4-5-7-17(15)21-18/h4-10,16,19H,11H2,1-3H3. The number of aryl methyl sites for hydroxylation is 2. The lowest BCUT2D eigenvalue weighted by Gasteiger charge is -2.15. The molecule has 1 N–H and O–H groups in total. The number of para-hydroxylation sites is 1. The first-order valence-corrected chi connectivity index (χ1v) is 8.08. The van der Waals surface area contributed by atoms with Gasteiger partial charge < -0.3 is 5.32 Å². The summed E-state index contributed by atoms with van der Waals surface area (Å²) in [6.07, 6.45) is 0.976. The fraction of sp³-hybridized carbons (Fsp3) is 0.278. The molecule has 0 radical (unpaired) electrons. The quantitative estimate of drug-likeness (QED) is 0.771. The summed E-state index contributed by atoms with van der Waals surface area (Å²) < 4.78 is 1.26. The van der Waals surface area contributed by atoms with Crippen molar-refractivity contribution in [1.29, 1.82) is 0 Å². The van der Waals surface area contributed by atoms with Crippen molar-refractivity contribution in [3.63, 3.8) is 0 Å². The Labute approximate surface area is 129 Å². The molecule has 2 aromatic carbocycles. The fourth-order valence-electron chi connectivity index (χ4n) is 2.59. The molecule has 0 saturated heterocycles. The third-order valence-corrected chi connectivity index (χ3v) is 5.04. The smallest absolute Gasteiger partial charge is 0.111 e. The molecular weight excluding hydrogens is 276 g/mol. The highest BCUT2D eigenvalue weighted by Crippen LogP contribution is 2.28. The minimum atomic E-state index is 0.267. The maximum Gasteiger partial charge on any atom is 0.111 e. The van der Waals surface area contributed by atoms with Gasteiger partial charge in [0.1, 0.15) is 5.01 Å². The molecule has 2 nitrogen and oxygen atoms in total. The zero-order valence-corrected chi connectivity index (χ0v) is 13.5. The first-order valence-electron chi connectivity index (χ1n) is 7.26.